The van der Waals surface area contributed by atoms with Crippen LogP contribution in [0, 0.1) is 12.3 Å². The number of terminal acetylenes is 1. The van der Waals surface area contributed by atoms with Crippen LogP contribution in [-0.4, -0.2) is 40.5 Å². The van der Waals surface area contributed by atoms with Crippen molar-refractivity contribution in [2.24, 2.45) is 0 Å². The van der Waals surface area contributed by atoms with E-state index < -0.39 is 29.9 Å². The SMILES string of the molecule is C#CCOC(=O)N1[C@@H](c2ccccc2)[C@H](C(=O)O)OC1(C)C. The van der Waals surface area contributed by atoms with Gasteiger partial charge in [-0.1, -0.05) is 36.3 Å². The lowest BCUT2D eigenvalue weighted by atomic mass is 10.0. The molecule has 0 unspecified atom stereocenters. The van der Waals surface area contributed by atoms with E-state index in [1.165, 1.54) is 4.90 Å². The summed E-state index contributed by atoms with van der Waals surface area (Å²) in [5, 5.41) is 9.42. The van der Waals surface area contributed by atoms with Crippen LogP contribution in [0.2, 0.25) is 0 Å². The highest BCUT2D eigenvalue weighted by Crippen LogP contribution is 2.42. The maximum absolute atomic E-state index is 12.3. The molecule has 0 bridgehead atoms. The Morgan fingerprint density at radius 2 is 2.05 bits per heavy atom. The molecular weight excluding hydrogens is 286 g/mol. The molecule has 2 rings (SSSR count). The number of carboxylic acids is 1. The van der Waals surface area contributed by atoms with Crippen molar-refractivity contribution in [2.75, 3.05) is 6.61 Å². The van der Waals surface area contributed by atoms with Crippen molar-refractivity contribution in [1.29, 1.82) is 0 Å². The van der Waals surface area contributed by atoms with E-state index in [4.69, 9.17) is 15.9 Å². The Kier molecular flexibility index (Phi) is 4.38. The molecule has 6 nitrogen and oxygen atoms in total. The zero-order valence-corrected chi connectivity index (χ0v) is 12.4. The molecule has 1 amide bonds. The molecule has 0 saturated carbocycles. The molecule has 1 aromatic carbocycles. The van der Waals surface area contributed by atoms with Crippen molar-refractivity contribution < 1.29 is 24.2 Å². The van der Waals surface area contributed by atoms with Crippen LogP contribution in [0.25, 0.3) is 0 Å². The quantitative estimate of drug-likeness (QED) is 0.865. The first-order chi connectivity index (χ1) is 10.4. The third kappa shape index (κ3) is 2.90. The summed E-state index contributed by atoms with van der Waals surface area (Å²) in [6.45, 7) is 3.04. The largest absolute Gasteiger partial charge is 0.479 e. The summed E-state index contributed by atoms with van der Waals surface area (Å²) in [5.41, 5.74) is -0.479. The van der Waals surface area contributed by atoms with E-state index in [-0.39, 0.29) is 6.61 Å². The van der Waals surface area contributed by atoms with Gasteiger partial charge in [0.15, 0.2) is 12.7 Å². The number of ether oxygens (including phenoxy) is 2. The molecular formula is C16H17NO5. The molecule has 1 aliphatic rings. The highest BCUT2D eigenvalue weighted by Gasteiger charge is 2.54. The fourth-order valence-corrected chi connectivity index (χ4v) is 2.57. The van der Waals surface area contributed by atoms with Gasteiger partial charge >= 0.3 is 12.1 Å². The van der Waals surface area contributed by atoms with Crippen molar-refractivity contribution in [1.82, 2.24) is 4.90 Å². The number of aliphatic carboxylic acids is 1. The van der Waals surface area contributed by atoms with Crippen molar-refractivity contribution in [3.8, 4) is 12.3 Å². The molecule has 1 saturated heterocycles. The van der Waals surface area contributed by atoms with Crippen molar-refractivity contribution in [3.05, 3.63) is 35.9 Å². The molecule has 0 radical (unpaired) electrons. The lowest BCUT2D eigenvalue weighted by molar-refractivity contribution is -0.155. The van der Waals surface area contributed by atoms with Gasteiger partial charge in [0.1, 0.15) is 11.8 Å². The molecule has 6 heteroatoms. The zero-order valence-electron chi connectivity index (χ0n) is 12.4. The normalized spacial score (nSPS) is 22.9. The van der Waals surface area contributed by atoms with E-state index >= 15 is 0 Å². The van der Waals surface area contributed by atoms with E-state index in [0.29, 0.717) is 5.56 Å². The van der Waals surface area contributed by atoms with E-state index in [9.17, 15) is 14.7 Å². The van der Waals surface area contributed by atoms with Gasteiger partial charge in [0.05, 0.1) is 0 Å². The van der Waals surface area contributed by atoms with Crippen LogP contribution in [0.4, 0.5) is 4.79 Å². The Morgan fingerprint density at radius 3 is 2.59 bits per heavy atom. The smallest absolute Gasteiger partial charge is 0.413 e. The fraction of sp³-hybridized carbons (Fsp3) is 0.375. The molecule has 116 valence electrons. The fourth-order valence-electron chi connectivity index (χ4n) is 2.57. The first kappa shape index (κ1) is 15.9. The van der Waals surface area contributed by atoms with E-state index in [0.717, 1.165) is 0 Å². The molecule has 1 heterocycles. The topological polar surface area (TPSA) is 76.1 Å². The Bertz CT molecular complexity index is 605. The number of carbonyl (C=O) groups excluding carboxylic acids is 1. The highest BCUT2D eigenvalue weighted by atomic mass is 16.6. The Morgan fingerprint density at radius 1 is 1.41 bits per heavy atom. The van der Waals surface area contributed by atoms with Crippen molar-refractivity contribution >= 4 is 12.1 Å². The van der Waals surface area contributed by atoms with E-state index in [1.54, 1.807) is 44.2 Å². The lowest BCUT2D eigenvalue weighted by Gasteiger charge is -2.32. The van der Waals surface area contributed by atoms with Crippen molar-refractivity contribution in [2.45, 2.75) is 31.7 Å². The second kappa shape index (κ2) is 6.08. The lowest BCUT2D eigenvalue weighted by Crippen LogP contribution is -2.45. The summed E-state index contributed by atoms with van der Waals surface area (Å²) in [6, 6.07) is 8.04. The van der Waals surface area contributed by atoms with Crippen LogP contribution in [0.1, 0.15) is 25.5 Å². The summed E-state index contributed by atoms with van der Waals surface area (Å²) in [5.74, 6) is 1.07. The maximum Gasteiger partial charge on any atom is 0.413 e. The number of rotatable bonds is 3. The Balaban J connectivity index is 2.43. The van der Waals surface area contributed by atoms with Crippen LogP contribution in [0.3, 0.4) is 0 Å². The number of nitrogens with zero attached hydrogens (tertiary/aromatic N) is 1. The molecule has 22 heavy (non-hydrogen) atoms. The summed E-state index contributed by atoms with van der Waals surface area (Å²) in [6.07, 6.45) is 3.20. The van der Waals surface area contributed by atoms with Crippen LogP contribution < -0.4 is 0 Å². The molecule has 0 spiro atoms. The Hall–Kier alpha value is -2.52. The van der Waals surface area contributed by atoms with Gasteiger partial charge in [-0.05, 0) is 19.4 Å². The molecule has 0 aromatic heterocycles. The number of amides is 1. The number of hydrogen-bond donors (Lipinski definition) is 1. The highest BCUT2D eigenvalue weighted by molar-refractivity contribution is 5.78. The average Bonchev–Trinajstić information content (AvgIpc) is 2.77. The molecule has 1 aromatic rings. The van der Waals surface area contributed by atoms with Crippen LogP contribution in [-0.2, 0) is 14.3 Å². The minimum atomic E-state index is -1.18. The monoisotopic (exact) mass is 303 g/mol. The van der Waals surface area contributed by atoms with Gasteiger partial charge in [-0.15, -0.1) is 6.42 Å². The standard InChI is InChI=1S/C16H17NO5/c1-4-10-21-15(20)17-12(11-8-6-5-7-9-11)13(14(18)19)22-16(17,2)3/h1,5-9,12-13H,10H2,2-3H3,(H,18,19)/t12-,13+/m0/s1. The predicted molar refractivity (Wildman–Crippen MR) is 77.8 cm³/mol. The molecule has 2 atom stereocenters. The second-order valence-corrected chi connectivity index (χ2v) is 5.31. The van der Waals surface area contributed by atoms with Crippen LogP contribution in [0.15, 0.2) is 30.3 Å². The summed E-state index contributed by atoms with van der Waals surface area (Å²) in [4.78, 5) is 25.1. The van der Waals surface area contributed by atoms with Gasteiger partial charge in [-0.2, -0.15) is 0 Å². The van der Waals surface area contributed by atoms with E-state index in [2.05, 4.69) is 5.92 Å². The molecule has 1 fully saturated rings. The minimum absolute atomic E-state index is 0.190. The first-order valence-corrected chi connectivity index (χ1v) is 6.73. The molecule has 1 N–H and O–H groups in total. The number of carboxylic acid groups (broad SMARTS) is 1. The van der Waals surface area contributed by atoms with Gasteiger partial charge in [-0.25, -0.2) is 9.59 Å². The first-order valence-electron chi connectivity index (χ1n) is 6.73. The van der Waals surface area contributed by atoms with Crippen molar-refractivity contribution in [3.63, 3.8) is 0 Å². The van der Waals surface area contributed by atoms with Crippen LogP contribution in [0.5, 0.6) is 0 Å². The van der Waals surface area contributed by atoms with Gasteiger partial charge in [0, 0.05) is 0 Å². The zero-order chi connectivity index (χ0) is 16.3. The van der Waals surface area contributed by atoms with E-state index in [1.807, 2.05) is 0 Å². The van der Waals surface area contributed by atoms with Crippen LogP contribution >= 0.6 is 0 Å². The van der Waals surface area contributed by atoms with Gasteiger partial charge in [0.25, 0.3) is 0 Å². The maximum atomic E-state index is 12.3. The van der Waals surface area contributed by atoms with Gasteiger partial charge < -0.3 is 14.6 Å². The number of carbonyl (C=O) groups is 2. The minimum Gasteiger partial charge on any atom is -0.479 e. The third-order valence-corrected chi connectivity index (χ3v) is 3.42. The van der Waals surface area contributed by atoms with Gasteiger partial charge in [-0.3, -0.25) is 4.90 Å². The predicted octanol–water partition coefficient (Wildman–Crippen LogP) is 2.02. The number of benzene rings is 1. The third-order valence-electron chi connectivity index (χ3n) is 3.42. The summed E-state index contributed by atoms with van der Waals surface area (Å²) in [7, 11) is 0. The number of hydrogen-bond acceptors (Lipinski definition) is 4. The average molecular weight is 303 g/mol. The van der Waals surface area contributed by atoms with Gasteiger partial charge in [0.2, 0.25) is 0 Å². The molecule has 0 aliphatic carbocycles. The summed E-state index contributed by atoms with van der Waals surface area (Å²) >= 11 is 0. The summed E-state index contributed by atoms with van der Waals surface area (Å²) < 4.78 is 10.5. The Labute approximate surface area is 128 Å². The second-order valence-electron chi connectivity index (χ2n) is 5.31. The molecule has 1 aliphatic heterocycles.